The van der Waals surface area contributed by atoms with E-state index in [1.54, 1.807) is 53.3 Å². The molecule has 0 radical (unpaired) electrons. The van der Waals surface area contributed by atoms with Gasteiger partial charge in [0.05, 0.1) is 39.3 Å². The van der Waals surface area contributed by atoms with Crippen molar-refractivity contribution in [2.75, 3.05) is 94.1 Å². The fourth-order valence-corrected chi connectivity index (χ4v) is 16.2. The number of pyridine rings is 4. The van der Waals surface area contributed by atoms with Gasteiger partial charge in [0.25, 0.3) is 0 Å². The fourth-order valence-electron chi connectivity index (χ4n) is 11.9. The van der Waals surface area contributed by atoms with E-state index < -0.39 is 22.7 Å². The normalized spacial score (nSPS) is 17.6. The van der Waals surface area contributed by atoms with Crippen LogP contribution in [0, 0.1) is 44.4 Å². The number of anilines is 10. The first kappa shape index (κ1) is 84.5. The van der Waals surface area contributed by atoms with Crippen LogP contribution in [0.5, 0.6) is 0 Å². The van der Waals surface area contributed by atoms with Gasteiger partial charge in [-0.3, -0.25) is 9.59 Å². The molecule has 18 nitrogen and oxygen atoms in total. The number of hydrogen-bond donors (Lipinski definition) is 7. The molecule has 4 aliphatic carbocycles. The van der Waals surface area contributed by atoms with Gasteiger partial charge in [0.1, 0.15) is 65.1 Å². The number of alkyl halides is 4. The van der Waals surface area contributed by atoms with Gasteiger partial charge in [0.2, 0.25) is 11.8 Å². The van der Waals surface area contributed by atoms with E-state index in [1.807, 2.05) is 117 Å². The highest BCUT2D eigenvalue weighted by molar-refractivity contribution is 7.99. The molecular formula is C74H83Cl7F4N16O2S5. The molecule has 4 saturated carbocycles. The van der Waals surface area contributed by atoms with Crippen LogP contribution in [0.15, 0.2) is 130 Å². The summed E-state index contributed by atoms with van der Waals surface area (Å²) in [6.45, 7) is 13.5. The minimum atomic E-state index is -1.05. The first-order chi connectivity index (χ1) is 51.0. The number of benzene rings is 2. The minimum Gasteiger partial charge on any atom is -0.375 e. The van der Waals surface area contributed by atoms with Crippen LogP contribution in [0.3, 0.4) is 0 Å². The molecule has 108 heavy (non-hydrogen) atoms. The Morgan fingerprint density at radius 2 is 0.880 bits per heavy atom. The fraction of sp³-hybridized carbons (Fsp3) is 0.419. The molecule has 0 spiro atoms. The highest BCUT2D eigenvalue weighted by Gasteiger charge is 2.56. The highest BCUT2D eigenvalue weighted by atomic mass is 35.5. The van der Waals surface area contributed by atoms with E-state index in [9.17, 15) is 27.2 Å². The molecule has 2 aromatic carbocycles. The lowest BCUT2D eigenvalue weighted by Crippen LogP contribution is -2.60. The Morgan fingerprint density at radius 1 is 0.519 bits per heavy atom. The zero-order chi connectivity index (χ0) is 76.4. The third-order valence-electron chi connectivity index (χ3n) is 18.4. The summed E-state index contributed by atoms with van der Waals surface area (Å²) in [6.07, 6.45) is 14.7. The molecule has 11 heterocycles. The zero-order valence-electron chi connectivity index (χ0n) is 59.6. The number of nitrogens with two attached hydrogens (primary N) is 1. The Kier molecular flexibility index (Phi) is 29.4. The predicted octanol–water partition coefficient (Wildman–Crippen LogP) is 21.1. The van der Waals surface area contributed by atoms with Crippen molar-refractivity contribution in [3.8, 4) is 0 Å². The van der Waals surface area contributed by atoms with Crippen LogP contribution in [0.25, 0.3) is 0 Å². The number of halogens is 11. The van der Waals surface area contributed by atoms with Crippen molar-refractivity contribution in [3.63, 3.8) is 0 Å². The number of nitrogen functional groups attached to an aromatic ring is 1. The van der Waals surface area contributed by atoms with Gasteiger partial charge in [0.15, 0.2) is 15.4 Å². The van der Waals surface area contributed by atoms with Gasteiger partial charge in [0, 0.05) is 115 Å². The first-order valence-electron chi connectivity index (χ1n) is 35.0. The maximum Gasteiger partial charge on any atom is 0.224 e. The van der Waals surface area contributed by atoms with Crippen LogP contribution in [0.4, 0.5) is 73.0 Å². The largest absolute Gasteiger partial charge is 0.375 e. The molecule has 7 N–H and O–H groups in total. The van der Waals surface area contributed by atoms with Crippen molar-refractivity contribution in [1.29, 1.82) is 0 Å². The number of hydrogen-bond acceptors (Lipinski definition) is 21. The monoisotopic (exact) mass is 1710 g/mol. The molecule has 578 valence electrons. The second-order valence-electron chi connectivity index (χ2n) is 27.5. The number of rotatable bonds is 17. The van der Waals surface area contributed by atoms with Gasteiger partial charge in [-0.1, -0.05) is 95.2 Å². The van der Waals surface area contributed by atoms with Crippen LogP contribution < -0.4 is 47.0 Å². The van der Waals surface area contributed by atoms with E-state index in [0.717, 1.165) is 120 Å². The molecule has 0 atom stereocenters. The first-order valence-corrected chi connectivity index (χ1v) is 40.9. The summed E-state index contributed by atoms with van der Waals surface area (Å²) < 4.78 is 56.6. The van der Waals surface area contributed by atoms with Gasteiger partial charge in [-0.25, -0.2) is 52.4 Å². The van der Waals surface area contributed by atoms with Gasteiger partial charge >= 0.3 is 0 Å². The van der Waals surface area contributed by atoms with E-state index in [-0.39, 0.29) is 42.0 Å². The lowest BCUT2D eigenvalue weighted by Gasteiger charge is -2.46. The van der Waals surface area contributed by atoms with Crippen LogP contribution in [0.1, 0.15) is 92.7 Å². The third-order valence-corrected chi connectivity index (χ3v) is 23.2. The molecule has 7 aromatic heterocycles. The summed E-state index contributed by atoms with van der Waals surface area (Å²) >= 11 is 44.5. The molecule has 0 bridgehead atoms. The molecular weight excluding hydrogens is 1630 g/mol. The van der Waals surface area contributed by atoms with Crippen LogP contribution >= 0.6 is 140 Å². The molecule has 0 unspecified atom stereocenters. The molecule has 17 rings (SSSR count). The lowest BCUT2D eigenvalue weighted by atomic mass is 9.90. The van der Waals surface area contributed by atoms with E-state index in [4.69, 9.17) is 80.3 Å². The molecule has 34 heteroatoms. The Bertz CT molecular complexity index is 4410. The molecule has 8 aliphatic rings. The minimum absolute atomic E-state index is 0. The zero-order valence-corrected chi connectivity index (χ0v) is 69.2. The number of thiazole rings is 3. The van der Waals surface area contributed by atoms with E-state index in [2.05, 4.69) is 74.0 Å². The van der Waals surface area contributed by atoms with Crippen molar-refractivity contribution in [2.24, 2.45) is 23.7 Å². The van der Waals surface area contributed by atoms with Crippen molar-refractivity contribution in [2.45, 2.75) is 136 Å². The number of aromatic nitrogens is 7. The topological polar surface area (TPSA) is 220 Å². The SMILES string of the molecule is CCC(=O)Nc1ccc(S)cc1.CCC(=O)Nc1ccc(Sc2cc(N3CC(F)(C4CC4)C3)cc(Nc3ncc(C)s3)n2)cc1.Cc1cnc(N)s1.Cc1cnc(Nc2cc(N3CC(F)(C4CC4)C3)cc(Cl)n2)s1.Cl.Clc1cc(Cl)nc(Cl)c1.FC1(C2CC2)CN(c2cc(Cl)nc(Cl)c2)C1.FC1(C2CC2)CNC1. The third kappa shape index (κ3) is 24.8. The second kappa shape index (κ2) is 37.6. The predicted molar refractivity (Wildman–Crippen MR) is 444 cm³/mol. The average molecular weight is 1710 g/mol. The summed E-state index contributed by atoms with van der Waals surface area (Å²) in [5.74, 6) is 2.53. The summed E-state index contributed by atoms with van der Waals surface area (Å²) in [4.78, 5) is 62.9. The Morgan fingerprint density at radius 3 is 1.21 bits per heavy atom. The summed E-state index contributed by atoms with van der Waals surface area (Å²) in [7, 11) is 0. The van der Waals surface area contributed by atoms with Gasteiger partial charge in [-0.15, -0.1) is 59.0 Å². The Balaban J connectivity index is 0.000000144. The Hall–Kier alpha value is -5.92. The molecule has 2 amide bonds. The number of nitrogens with zero attached hydrogens (tertiary/aromatic N) is 10. The van der Waals surface area contributed by atoms with Crippen molar-refractivity contribution >= 4 is 208 Å². The number of amides is 2. The highest BCUT2D eigenvalue weighted by Crippen LogP contribution is 2.52. The molecule has 8 fully saturated rings. The maximum atomic E-state index is 15.0. The molecule has 4 aliphatic heterocycles. The number of nitrogens with one attached hydrogen (secondary N) is 5. The number of thiol groups is 1. The number of aryl methyl sites for hydroxylation is 3. The van der Waals surface area contributed by atoms with Gasteiger partial charge < -0.3 is 47.0 Å². The van der Waals surface area contributed by atoms with Crippen molar-refractivity contribution in [1.82, 2.24) is 40.2 Å². The van der Waals surface area contributed by atoms with Gasteiger partial charge in [-0.2, -0.15) is 0 Å². The summed E-state index contributed by atoms with van der Waals surface area (Å²) in [5, 5.41) is 20.3. The number of carbonyl (C=O) groups is 2. The van der Waals surface area contributed by atoms with Crippen LogP contribution in [0.2, 0.25) is 30.8 Å². The number of carbonyl (C=O) groups excluding carboxylic acids is 2. The Labute approximate surface area is 684 Å². The van der Waals surface area contributed by atoms with Crippen LogP contribution in [-0.4, -0.2) is 122 Å². The molecule has 9 aromatic rings. The lowest BCUT2D eigenvalue weighted by molar-refractivity contribution is -0.116. The smallest absolute Gasteiger partial charge is 0.224 e. The van der Waals surface area contributed by atoms with E-state index >= 15 is 0 Å². The van der Waals surface area contributed by atoms with Crippen molar-refractivity contribution in [3.05, 3.63) is 161 Å². The summed E-state index contributed by atoms with van der Waals surface area (Å²) in [6, 6.07) is 29.2. The van der Waals surface area contributed by atoms with E-state index in [0.29, 0.717) is 119 Å². The standard InChI is InChI=1S/C24H26FN5OS2.C15H16ClFN4S.C11H11Cl2FN2.C9H11NOS.C6H10FN.C5H2Cl3N.C4H6N2S.ClH/c1-3-21(31)27-17-6-8-19(9-7-17)33-22-11-18(30-13-24(25,14-30)16-4-5-16)10-20(28-22)29-23-26-12-15(2)32-23;1-9-6-18-14(22-9)20-13-5-11(4-12(16)19-13)21-7-15(17,8-21)10-2-3-10;12-9-3-8(4-10(13)15-9)16-5-11(14,6-16)7-1-2-7;1-2-9(11)10-7-3-5-8(12)6-4-7;7-6(3-8-4-6)5-1-2-5;6-3-1-4(7)9-5(8)2-3;1-3-2-6-4(5)7-3;/h6-12,16H,3-5,13-14H2,1-2H3,(H,27,31)(H,26,28,29);4-6,10H,2-3,7-8H2,1H3,(H,18,19,20);3-4,7H,1-2,5-6H2;3-6,12H,2H2,1H3,(H,10,11);5,8H,1-4H2;1-2H;2H,1H3,(H2,5,6);1H. The average Bonchev–Trinajstić information content (AvgIpc) is 1.66. The summed E-state index contributed by atoms with van der Waals surface area (Å²) in [5.41, 5.74) is 5.79. The van der Waals surface area contributed by atoms with Gasteiger partial charge in [-0.05, 0) is 181 Å². The van der Waals surface area contributed by atoms with Crippen molar-refractivity contribution < 1.29 is 27.2 Å². The second-order valence-corrected chi connectivity index (χ2v) is 35.2. The van der Waals surface area contributed by atoms with Crippen LogP contribution in [-0.2, 0) is 9.59 Å². The molecule has 4 saturated heterocycles. The quantitative estimate of drug-likeness (QED) is 0.0256. The maximum absolute atomic E-state index is 15.0. The van der Waals surface area contributed by atoms with E-state index in [1.165, 1.54) is 35.2 Å².